The zero-order valence-corrected chi connectivity index (χ0v) is 15.3. The summed E-state index contributed by atoms with van der Waals surface area (Å²) in [7, 11) is 0. The molecule has 1 aliphatic heterocycles. The molecule has 0 saturated carbocycles. The van der Waals surface area contributed by atoms with Gasteiger partial charge in [-0.3, -0.25) is 9.69 Å². The lowest BCUT2D eigenvalue weighted by atomic mass is 10.2. The van der Waals surface area contributed by atoms with Crippen molar-refractivity contribution in [3.63, 3.8) is 0 Å². The van der Waals surface area contributed by atoms with Crippen LogP contribution in [-0.4, -0.2) is 57.2 Å². The number of nitrogens with two attached hydrogens (primary N) is 1. The Labute approximate surface area is 158 Å². The van der Waals surface area contributed by atoms with Crippen molar-refractivity contribution in [2.24, 2.45) is 0 Å². The highest BCUT2D eigenvalue weighted by atomic mass is 79.9. The van der Waals surface area contributed by atoms with E-state index in [9.17, 15) is 22.8 Å². The Morgan fingerprint density at radius 3 is 2.85 bits per heavy atom. The Bertz CT molecular complexity index is 900. The van der Waals surface area contributed by atoms with Gasteiger partial charge in [0, 0.05) is 25.2 Å². The number of esters is 1. The number of carbonyl (C=O) groups excluding carboxylic acids is 2. The van der Waals surface area contributed by atoms with Crippen LogP contribution in [0.15, 0.2) is 10.8 Å². The molecule has 0 unspecified atom stereocenters. The van der Waals surface area contributed by atoms with Crippen LogP contribution in [0.5, 0.6) is 0 Å². The molecule has 3 rings (SSSR count). The average molecular weight is 451 g/mol. The van der Waals surface area contributed by atoms with Gasteiger partial charge in [-0.1, -0.05) is 0 Å². The van der Waals surface area contributed by atoms with Crippen molar-refractivity contribution in [1.82, 2.24) is 24.8 Å². The molecular formula is C14H14BrF3N6O3. The van der Waals surface area contributed by atoms with Crippen LogP contribution in [0.2, 0.25) is 0 Å². The van der Waals surface area contributed by atoms with E-state index in [4.69, 9.17) is 5.73 Å². The van der Waals surface area contributed by atoms with Gasteiger partial charge in [-0.25, -0.2) is 14.3 Å². The molecule has 2 aromatic rings. The van der Waals surface area contributed by atoms with Gasteiger partial charge in [0.2, 0.25) is 5.91 Å². The molecule has 9 nitrogen and oxygen atoms in total. The number of ether oxygens (including phenoxy) is 1. The number of rotatable bonds is 4. The van der Waals surface area contributed by atoms with Gasteiger partial charge in [0.1, 0.15) is 18.5 Å². The molecule has 0 spiro atoms. The Morgan fingerprint density at radius 2 is 2.19 bits per heavy atom. The molecule has 1 amide bonds. The van der Waals surface area contributed by atoms with E-state index in [-0.39, 0.29) is 30.5 Å². The number of aromatic nitrogens is 3. The number of hydrogen-bond donors (Lipinski definition) is 2. The summed E-state index contributed by atoms with van der Waals surface area (Å²) in [4.78, 5) is 28.4. The number of nitrogens with one attached hydrogen (secondary N) is 1. The Kier molecular flexibility index (Phi) is 5.24. The van der Waals surface area contributed by atoms with Crippen LogP contribution in [0.1, 0.15) is 11.3 Å². The first-order chi connectivity index (χ1) is 12.7. The van der Waals surface area contributed by atoms with E-state index in [1.165, 1.54) is 4.52 Å². The number of hydrogen-bond acceptors (Lipinski definition) is 7. The summed E-state index contributed by atoms with van der Waals surface area (Å²) in [5.41, 5.74) is 6.90. The van der Waals surface area contributed by atoms with Gasteiger partial charge in [0.15, 0.2) is 5.82 Å². The zero-order chi connectivity index (χ0) is 19.8. The van der Waals surface area contributed by atoms with Gasteiger partial charge >= 0.3 is 12.1 Å². The van der Waals surface area contributed by atoms with Crippen LogP contribution in [0.4, 0.5) is 19.0 Å². The number of nitrogens with zero attached hydrogens (tertiary/aromatic N) is 4. The van der Waals surface area contributed by atoms with Crippen molar-refractivity contribution in [3.8, 4) is 0 Å². The molecule has 2 aromatic heterocycles. The summed E-state index contributed by atoms with van der Waals surface area (Å²) < 4.78 is 43.5. The molecule has 0 radical (unpaired) electrons. The Balaban J connectivity index is 1.97. The van der Waals surface area contributed by atoms with Crippen LogP contribution in [0.25, 0.3) is 5.52 Å². The number of alkyl halides is 3. The minimum absolute atomic E-state index is 0.0999. The molecule has 1 aliphatic rings. The second-order valence-corrected chi connectivity index (χ2v) is 6.57. The molecule has 0 aromatic carbocycles. The molecule has 27 heavy (non-hydrogen) atoms. The summed E-state index contributed by atoms with van der Waals surface area (Å²) in [5, 5.41) is 6.68. The van der Waals surface area contributed by atoms with Crippen LogP contribution in [-0.2, 0) is 27.5 Å². The van der Waals surface area contributed by atoms with Gasteiger partial charge in [0.05, 0.1) is 16.7 Å². The summed E-state index contributed by atoms with van der Waals surface area (Å²) in [5.74, 6) is -2.37. The van der Waals surface area contributed by atoms with Crippen molar-refractivity contribution < 1.29 is 27.5 Å². The number of carbonyl (C=O) groups is 2. The van der Waals surface area contributed by atoms with E-state index in [2.05, 4.69) is 36.1 Å². The second-order valence-electron chi connectivity index (χ2n) is 5.78. The summed E-state index contributed by atoms with van der Waals surface area (Å²) >= 11 is 3.37. The molecule has 3 N–H and O–H groups in total. The fourth-order valence-corrected chi connectivity index (χ4v) is 3.47. The first-order valence-electron chi connectivity index (χ1n) is 7.70. The first kappa shape index (κ1) is 19.4. The maximum atomic E-state index is 12.5. The van der Waals surface area contributed by atoms with E-state index in [0.29, 0.717) is 28.6 Å². The van der Waals surface area contributed by atoms with Crippen LogP contribution >= 0.6 is 15.9 Å². The lowest BCUT2D eigenvalue weighted by Gasteiger charge is -2.26. The predicted octanol–water partition coefficient (Wildman–Crippen LogP) is 0.611. The summed E-state index contributed by atoms with van der Waals surface area (Å²) in [6.45, 7) is 0.672. The summed E-state index contributed by atoms with van der Waals surface area (Å²) in [6, 6.07) is 0. The molecule has 1 saturated heterocycles. The van der Waals surface area contributed by atoms with E-state index in [1.807, 2.05) is 0 Å². The first-order valence-corrected chi connectivity index (χ1v) is 8.49. The second kappa shape index (κ2) is 7.31. The number of fused-ring (bicyclic) bond motifs is 1. The van der Waals surface area contributed by atoms with Gasteiger partial charge in [-0.15, -0.1) is 0 Å². The molecule has 146 valence electrons. The van der Waals surface area contributed by atoms with Crippen molar-refractivity contribution in [2.75, 3.05) is 25.4 Å². The quantitative estimate of drug-likeness (QED) is 0.655. The topological polar surface area (TPSA) is 115 Å². The van der Waals surface area contributed by atoms with Gasteiger partial charge in [-0.2, -0.15) is 18.3 Å². The van der Waals surface area contributed by atoms with Crippen LogP contribution in [0, 0.1) is 0 Å². The van der Waals surface area contributed by atoms with Crippen molar-refractivity contribution in [1.29, 1.82) is 0 Å². The molecule has 0 aliphatic carbocycles. The van der Waals surface area contributed by atoms with Crippen LogP contribution in [0.3, 0.4) is 0 Å². The SMILES string of the molecule is Nc1ncnn2c(COC(=O)C(F)(F)F)c(CN3CCNC(=O)C3)c(Br)c12. The molecular weight excluding hydrogens is 437 g/mol. The third kappa shape index (κ3) is 3.98. The van der Waals surface area contributed by atoms with E-state index < -0.39 is 18.8 Å². The normalized spacial score (nSPS) is 15.8. The highest BCUT2D eigenvalue weighted by molar-refractivity contribution is 9.10. The molecule has 3 heterocycles. The lowest BCUT2D eigenvalue weighted by molar-refractivity contribution is -0.201. The van der Waals surface area contributed by atoms with Gasteiger partial charge in [0.25, 0.3) is 0 Å². The predicted molar refractivity (Wildman–Crippen MR) is 89.2 cm³/mol. The Hall–Kier alpha value is -2.41. The standard InChI is InChI=1S/C14H14BrF3N6O3/c15-10-7(3-23-2-1-20-9(25)4-23)8(5-27-13(26)14(16,17)18)24-11(10)12(19)21-6-22-24/h6H,1-5H2,(H,20,25)(H2,19,21,22). The van der Waals surface area contributed by atoms with E-state index in [0.717, 1.165) is 6.33 Å². The number of halogens is 4. The van der Waals surface area contributed by atoms with Crippen LogP contribution < -0.4 is 11.1 Å². The fourth-order valence-electron chi connectivity index (χ4n) is 2.75. The molecule has 0 atom stereocenters. The third-order valence-electron chi connectivity index (χ3n) is 3.97. The number of piperazine rings is 1. The summed E-state index contributed by atoms with van der Waals surface area (Å²) in [6.07, 6.45) is -3.97. The minimum atomic E-state index is -5.11. The smallest absolute Gasteiger partial charge is 0.453 e. The number of anilines is 1. The minimum Gasteiger partial charge on any atom is -0.453 e. The van der Waals surface area contributed by atoms with E-state index >= 15 is 0 Å². The maximum Gasteiger partial charge on any atom is 0.490 e. The average Bonchev–Trinajstić information content (AvgIpc) is 2.85. The monoisotopic (exact) mass is 450 g/mol. The van der Waals surface area contributed by atoms with Gasteiger partial charge < -0.3 is 15.8 Å². The van der Waals surface area contributed by atoms with Gasteiger partial charge in [-0.05, 0) is 15.9 Å². The Morgan fingerprint density at radius 1 is 1.44 bits per heavy atom. The highest BCUT2D eigenvalue weighted by Crippen LogP contribution is 2.33. The molecule has 0 bridgehead atoms. The van der Waals surface area contributed by atoms with E-state index in [1.54, 1.807) is 4.90 Å². The molecule has 1 fully saturated rings. The third-order valence-corrected chi connectivity index (χ3v) is 4.82. The fraction of sp³-hybridized carbons (Fsp3) is 0.429. The maximum absolute atomic E-state index is 12.5. The largest absolute Gasteiger partial charge is 0.490 e. The zero-order valence-electron chi connectivity index (χ0n) is 13.7. The lowest BCUT2D eigenvalue weighted by Crippen LogP contribution is -2.47. The van der Waals surface area contributed by atoms with Crippen molar-refractivity contribution in [3.05, 3.63) is 22.1 Å². The molecule has 13 heteroatoms. The number of nitrogen functional groups attached to an aromatic ring is 1. The van der Waals surface area contributed by atoms with Crippen molar-refractivity contribution in [2.45, 2.75) is 19.3 Å². The number of amides is 1. The van der Waals surface area contributed by atoms with Crippen molar-refractivity contribution >= 4 is 39.1 Å². The highest BCUT2D eigenvalue weighted by Gasteiger charge is 2.41.